The van der Waals surface area contributed by atoms with Gasteiger partial charge in [0, 0.05) is 73.8 Å². The number of nitrogens with zero attached hydrogens (tertiary/aromatic N) is 3. The summed E-state index contributed by atoms with van der Waals surface area (Å²) in [6.45, 7) is 0. The molecule has 0 saturated heterocycles. The number of allylic oxidation sites excluding steroid dienone is 3. The number of aromatic nitrogens is 3. The van der Waals surface area contributed by atoms with Crippen molar-refractivity contribution in [3.05, 3.63) is 181 Å². The molecule has 0 N–H and O–H groups in total. The Morgan fingerprint density at radius 2 is 0.621 bits per heavy atom. The molecular formula is C78H84F3N3O3. The van der Waals surface area contributed by atoms with Gasteiger partial charge < -0.3 is 0 Å². The summed E-state index contributed by atoms with van der Waals surface area (Å²) >= 11 is 0. The Kier molecular flexibility index (Phi) is 18.2. The monoisotopic (exact) mass is 1170 g/mol. The third-order valence-electron chi connectivity index (χ3n) is 22.7. The Morgan fingerprint density at radius 1 is 0.322 bits per heavy atom. The standard InChI is InChI=1S/3C26H28FNO/c3*27-21-6-3-5-17(13-21)19-8-9-22(28-16-19)10-11-25-24-7-2-1-4-18(24)12-20-14-23(29)15-26(20)25/h3*3,5-6,8-11,13,16,18,20,24-26H,1-2,4,7,12,14-15H2/b3*11-10+/t2*18-,20+,24+,25-,26-;18-,20-,24+,25-,26-/m000/s1. The molecule has 9 fully saturated rings. The van der Waals surface area contributed by atoms with Crippen LogP contribution in [-0.4, -0.2) is 32.3 Å². The number of ketones is 3. The second kappa shape index (κ2) is 26.8. The first-order valence-electron chi connectivity index (χ1n) is 33.3. The van der Waals surface area contributed by atoms with Crippen molar-refractivity contribution in [3.63, 3.8) is 0 Å². The van der Waals surface area contributed by atoms with Gasteiger partial charge in [0.15, 0.2) is 0 Å². The zero-order valence-electron chi connectivity index (χ0n) is 50.3. The summed E-state index contributed by atoms with van der Waals surface area (Å²) < 4.78 is 40.4. The van der Waals surface area contributed by atoms with Gasteiger partial charge in [-0.05, 0) is 217 Å². The zero-order valence-corrected chi connectivity index (χ0v) is 50.3. The Bertz CT molecular complexity index is 3120. The normalized spacial score (nSPS) is 31.6. The first kappa shape index (κ1) is 59.1. The summed E-state index contributed by atoms with van der Waals surface area (Å²) in [7, 11) is 0. The molecule has 0 unspecified atom stereocenters. The maximum atomic E-state index is 13.5. The molecule has 9 heteroatoms. The summed E-state index contributed by atoms with van der Waals surface area (Å²) in [6.07, 6.45) is 43.5. The van der Waals surface area contributed by atoms with Crippen LogP contribution in [0.4, 0.5) is 13.2 Å². The van der Waals surface area contributed by atoms with Gasteiger partial charge in [0.2, 0.25) is 0 Å². The summed E-state index contributed by atoms with van der Waals surface area (Å²) in [5, 5.41) is 0. The number of halogens is 3. The largest absolute Gasteiger partial charge is 0.300 e. The zero-order chi connectivity index (χ0) is 59.4. The number of carbonyl (C=O) groups excluding carboxylic acids is 3. The number of rotatable bonds is 9. The predicted octanol–water partition coefficient (Wildman–Crippen LogP) is 19.0. The minimum Gasteiger partial charge on any atom is -0.300 e. The SMILES string of the molecule is O=C1C[C@@H]2C[C@@H]3CCCC[C@H]3[C@H](/C=C/c3ccc(-c4cccc(F)c4)cn3)[C@H]2C1.O=C1C[C@H]2C[C@@H]3CCCC[C@H]3[C@H](/C=C/c3ccc(-c4cccc(F)c4)cn3)[C@H]2C1.O=C1C[C@H]2C[C@@H]3CCCC[C@H]3[C@H](/C=C/c3ccc(-c4cccc(F)c4)cn3)[C@H]2C1. The molecule has 9 aliphatic rings. The molecule has 450 valence electrons. The van der Waals surface area contributed by atoms with E-state index in [0.717, 1.165) is 124 Å². The molecule has 0 radical (unpaired) electrons. The molecule has 87 heavy (non-hydrogen) atoms. The summed E-state index contributed by atoms with van der Waals surface area (Å²) in [6, 6.07) is 31.9. The molecule has 15 rings (SSSR count). The number of hydrogen-bond donors (Lipinski definition) is 0. The minimum absolute atomic E-state index is 0.230. The van der Waals surface area contributed by atoms with Gasteiger partial charge in [-0.25, -0.2) is 13.2 Å². The molecule has 0 aliphatic heterocycles. The van der Waals surface area contributed by atoms with Crippen LogP contribution in [0, 0.1) is 106 Å². The van der Waals surface area contributed by atoms with E-state index in [4.69, 9.17) is 0 Å². The molecule has 9 aliphatic carbocycles. The lowest BCUT2D eigenvalue weighted by molar-refractivity contribution is -0.118. The van der Waals surface area contributed by atoms with Gasteiger partial charge in [0.1, 0.15) is 34.8 Å². The highest BCUT2D eigenvalue weighted by Gasteiger charge is 2.50. The minimum atomic E-state index is -0.230. The van der Waals surface area contributed by atoms with Crippen LogP contribution in [0.1, 0.15) is 152 Å². The second-order valence-electron chi connectivity index (χ2n) is 27.7. The topological polar surface area (TPSA) is 89.9 Å². The van der Waals surface area contributed by atoms with E-state index < -0.39 is 0 Å². The van der Waals surface area contributed by atoms with E-state index in [9.17, 15) is 27.6 Å². The molecule has 9 saturated carbocycles. The fourth-order valence-corrected chi connectivity index (χ4v) is 18.7. The Morgan fingerprint density at radius 3 is 0.897 bits per heavy atom. The highest BCUT2D eigenvalue weighted by Crippen LogP contribution is 2.57. The molecule has 0 bridgehead atoms. The van der Waals surface area contributed by atoms with Gasteiger partial charge in [-0.15, -0.1) is 0 Å². The van der Waals surface area contributed by atoms with Crippen molar-refractivity contribution in [2.45, 2.75) is 135 Å². The number of hydrogen-bond acceptors (Lipinski definition) is 6. The van der Waals surface area contributed by atoms with Crippen LogP contribution in [-0.2, 0) is 14.4 Å². The van der Waals surface area contributed by atoms with Crippen molar-refractivity contribution in [1.29, 1.82) is 0 Å². The van der Waals surface area contributed by atoms with Crippen LogP contribution in [0.3, 0.4) is 0 Å². The highest BCUT2D eigenvalue weighted by molar-refractivity contribution is 5.82. The van der Waals surface area contributed by atoms with Crippen molar-refractivity contribution in [3.8, 4) is 33.4 Å². The van der Waals surface area contributed by atoms with Crippen molar-refractivity contribution >= 4 is 35.6 Å². The quantitative estimate of drug-likeness (QED) is 0.143. The van der Waals surface area contributed by atoms with E-state index in [-0.39, 0.29) is 17.5 Å². The highest BCUT2D eigenvalue weighted by atomic mass is 19.1. The van der Waals surface area contributed by atoms with E-state index in [0.29, 0.717) is 70.6 Å². The fourth-order valence-electron chi connectivity index (χ4n) is 18.7. The fraction of sp³-hybridized carbons (Fsp3) is 0.462. The smallest absolute Gasteiger partial charge is 0.133 e. The van der Waals surface area contributed by atoms with Crippen LogP contribution >= 0.6 is 0 Å². The maximum Gasteiger partial charge on any atom is 0.133 e. The van der Waals surface area contributed by atoms with E-state index >= 15 is 0 Å². The number of fused-ring (bicyclic) bond motifs is 6. The van der Waals surface area contributed by atoms with E-state index in [1.807, 2.05) is 73.2 Å². The van der Waals surface area contributed by atoms with Crippen molar-refractivity contribution in [2.75, 3.05) is 0 Å². The summed E-state index contributed by atoms with van der Waals surface area (Å²) in [5.41, 5.74) is 8.11. The van der Waals surface area contributed by atoms with Gasteiger partial charge in [-0.1, -0.05) is 131 Å². The van der Waals surface area contributed by atoms with Crippen LogP contribution in [0.15, 0.2) is 146 Å². The van der Waals surface area contributed by atoms with Gasteiger partial charge in [-0.3, -0.25) is 29.3 Å². The molecule has 3 aromatic heterocycles. The average Bonchev–Trinajstić information content (AvgIpc) is 1.97. The van der Waals surface area contributed by atoms with Crippen LogP contribution in [0.25, 0.3) is 51.6 Å². The summed E-state index contributed by atoms with van der Waals surface area (Å²) in [5.74, 6) is 10.2. The molecule has 3 aromatic carbocycles. The first-order valence-corrected chi connectivity index (χ1v) is 33.3. The third-order valence-corrected chi connectivity index (χ3v) is 22.7. The number of Topliss-reactive ketones (excluding diaryl/α,β-unsaturated/α-hetero) is 3. The molecule has 15 atom stereocenters. The first-order chi connectivity index (χ1) is 42.5. The summed E-state index contributed by atoms with van der Waals surface area (Å²) in [4.78, 5) is 50.3. The second-order valence-corrected chi connectivity index (χ2v) is 27.7. The number of carbonyl (C=O) groups is 3. The number of benzene rings is 3. The van der Waals surface area contributed by atoms with E-state index in [2.05, 4.69) is 51.4 Å². The van der Waals surface area contributed by atoms with Gasteiger partial charge in [-0.2, -0.15) is 0 Å². The van der Waals surface area contributed by atoms with E-state index in [1.54, 1.807) is 18.2 Å². The molecule has 3 heterocycles. The maximum absolute atomic E-state index is 13.5. The van der Waals surface area contributed by atoms with Crippen LogP contribution in [0.5, 0.6) is 0 Å². The molecule has 6 nitrogen and oxygen atoms in total. The van der Waals surface area contributed by atoms with Crippen molar-refractivity contribution in [2.24, 2.45) is 88.8 Å². The predicted molar refractivity (Wildman–Crippen MR) is 340 cm³/mol. The lowest BCUT2D eigenvalue weighted by Gasteiger charge is -2.46. The van der Waals surface area contributed by atoms with Crippen molar-refractivity contribution < 1.29 is 27.6 Å². The molecule has 0 spiro atoms. The van der Waals surface area contributed by atoms with Gasteiger partial charge in [0.25, 0.3) is 0 Å². The molecular weight excluding hydrogens is 1080 g/mol. The van der Waals surface area contributed by atoms with Gasteiger partial charge in [0.05, 0.1) is 17.1 Å². The molecule has 0 amide bonds. The van der Waals surface area contributed by atoms with E-state index in [1.165, 1.54) is 133 Å². The molecule has 6 aromatic rings. The number of pyridine rings is 3. The average molecular weight is 1170 g/mol. The lowest BCUT2D eigenvalue weighted by Crippen LogP contribution is -2.38. The Hall–Kier alpha value is -6.87. The Balaban J connectivity index is 0.000000121. The van der Waals surface area contributed by atoms with Crippen LogP contribution < -0.4 is 0 Å². The van der Waals surface area contributed by atoms with Crippen molar-refractivity contribution in [1.82, 2.24) is 15.0 Å². The van der Waals surface area contributed by atoms with Crippen LogP contribution in [0.2, 0.25) is 0 Å². The Labute approximate surface area is 513 Å². The van der Waals surface area contributed by atoms with Gasteiger partial charge >= 0.3 is 0 Å². The lowest BCUT2D eigenvalue weighted by atomic mass is 9.58. The third kappa shape index (κ3) is 13.7.